The van der Waals surface area contributed by atoms with Crippen LogP contribution in [0.2, 0.25) is 0 Å². The predicted octanol–water partition coefficient (Wildman–Crippen LogP) is 4.62. The maximum atomic E-state index is 14.3. The van der Waals surface area contributed by atoms with Crippen LogP contribution in [0.1, 0.15) is 25.7 Å². The molecule has 0 saturated heterocycles. The molecule has 2 saturated carbocycles. The van der Waals surface area contributed by atoms with Gasteiger partial charge in [0.25, 0.3) is 0 Å². The molecule has 2 fully saturated rings. The van der Waals surface area contributed by atoms with Crippen LogP contribution in [0.25, 0.3) is 0 Å². The van der Waals surface area contributed by atoms with Crippen LogP contribution in [-0.2, 0) is 4.57 Å². The second kappa shape index (κ2) is 6.43. The zero-order valence-corrected chi connectivity index (χ0v) is 17.0. The van der Waals surface area contributed by atoms with Crippen molar-refractivity contribution in [1.82, 2.24) is 5.32 Å². The summed E-state index contributed by atoms with van der Waals surface area (Å²) in [4.78, 5) is 0. The first kappa shape index (κ1) is 17.4. The highest BCUT2D eigenvalue weighted by Gasteiger charge is 2.56. The van der Waals surface area contributed by atoms with E-state index in [9.17, 15) is 4.57 Å². The SMILES string of the molecule is O=P(C(=S)NC1CC23C=CCC2CC1C3)(c1ccccc1)c1ccccc1. The third-order valence-electron chi connectivity index (χ3n) is 6.92. The molecule has 2 aromatic rings. The minimum Gasteiger partial charge on any atom is -0.370 e. The summed E-state index contributed by atoms with van der Waals surface area (Å²) in [7, 11) is -3.02. The van der Waals surface area contributed by atoms with E-state index in [1.807, 2.05) is 60.7 Å². The van der Waals surface area contributed by atoms with Gasteiger partial charge in [-0.25, -0.2) is 0 Å². The Bertz CT molecular complexity index is 898. The van der Waals surface area contributed by atoms with Gasteiger partial charge >= 0.3 is 0 Å². The van der Waals surface area contributed by atoms with Gasteiger partial charge in [0.05, 0.1) is 0 Å². The van der Waals surface area contributed by atoms with Crippen molar-refractivity contribution in [1.29, 1.82) is 0 Å². The smallest absolute Gasteiger partial charge is 0.196 e. The molecule has 4 unspecified atom stereocenters. The number of thiocarbonyl (C=S) groups is 1. The molecule has 138 valence electrons. The van der Waals surface area contributed by atoms with Crippen molar-refractivity contribution < 1.29 is 4.57 Å². The van der Waals surface area contributed by atoms with E-state index in [1.165, 1.54) is 19.3 Å². The fourth-order valence-electron chi connectivity index (χ4n) is 5.62. The normalized spacial score (nSPS) is 31.0. The predicted molar refractivity (Wildman–Crippen MR) is 116 cm³/mol. The van der Waals surface area contributed by atoms with E-state index in [-0.39, 0.29) is 0 Å². The number of hydrogen-bond acceptors (Lipinski definition) is 2. The highest BCUT2D eigenvalue weighted by atomic mass is 32.1. The lowest BCUT2D eigenvalue weighted by molar-refractivity contribution is 0.244. The first-order valence-electron chi connectivity index (χ1n) is 9.82. The lowest BCUT2D eigenvalue weighted by Gasteiger charge is -2.34. The van der Waals surface area contributed by atoms with Gasteiger partial charge in [0.2, 0.25) is 0 Å². The molecular weight excluding hydrogens is 369 g/mol. The summed E-state index contributed by atoms with van der Waals surface area (Å²) in [6.07, 6.45) is 9.71. The lowest BCUT2D eigenvalue weighted by Crippen LogP contribution is -2.42. The van der Waals surface area contributed by atoms with Gasteiger partial charge in [-0.05, 0) is 42.9 Å². The molecule has 3 aliphatic rings. The van der Waals surface area contributed by atoms with Crippen LogP contribution in [0.5, 0.6) is 0 Å². The molecule has 2 nitrogen and oxygen atoms in total. The Kier molecular flexibility index (Phi) is 4.14. The molecule has 0 aliphatic heterocycles. The van der Waals surface area contributed by atoms with Crippen molar-refractivity contribution in [2.75, 3.05) is 0 Å². The Balaban J connectivity index is 1.46. The molecule has 0 radical (unpaired) electrons. The largest absolute Gasteiger partial charge is 0.370 e. The third kappa shape index (κ3) is 2.67. The lowest BCUT2D eigenvalue weighted by atomic mass is 9.76. The van der Waals surface area contributed by atoms with Gasteiger partial charge in [0.15, 0.2) is 7.14 Å². The number of nitrogens with one attached hydrogen (secondary N) is 1. The molecule has 1 spiro atoms. The van der Waals surface area contributed by atoms with Crippen molar-refractivity contribution in [3.05, 3.63) is 72.8 Å². The van der Waals surface area contributed by atoms with Crippen LogP contribution >= 0.6 is 19.4 Å². The fourth-order valence-corrected chi connectivity index (χ4v) is 8.70. The Hall–Kier alpha value is -1.70. The van der Waals surface area contributed by atoms with E-state index in [4.69, 9.17) is 12.2 Å². The first-order chi connectivity index (χ1) is 13.1. The van der Waals surface area contributed by atoms with Crippen LogP contribution < -0.4 is 15.9 Å². The van der Waals surface area contributed by atoms with Crippen LogP contribution in [0.3, 0.4) is 0 Å². The molecule has 3 aliphatic carbocycles. The average molecular weight is 393 g/mol. The van der Waals surface area contributed by atoms with E-state index >= 15 is 0 Å². The van der Waals surface area contributed by atoms with Crippen molar-refractivity contribution in [2.45, 2.75) is 31.7 Å². The molecule has 4 heteroatoms. The number of rotatable bonds is 4. The molecule has 1 N–H and O–H groups in total. The van der Waals surface area contributed by atoms with Crippen molar-refractivity contribution >= 4 is 34.7 Å². The van der Waals surface area contributed by atoms with E-state index < -0.39 is 7.14 Å². The molecular formula is C23H24NOPS. The number of benzene rings is 2. The standard InChI is InChI=1S/C23H24NOPS/c25-26(19-9-3-1-4-10-19,20-11-5-2-6-12-20)22(27)24-21-16-23-13-7-8-18(23)14-17(21)15-23/h1-7,9-13,17-18,21H,8,14-16H2,(H,24,27). The molecule has 0 heterocycles. The maximum absolute atomic E-state index is 14.3. The van der Waals surface area contributed by atoms with Gasteiger partial charge in [-0.15, -0.1) is 0 Å². The Morgan fingerprint density at radius 1 is 1.00 bits per heavy atom. The summed E-state index contributed by atoms with van der Waals surface area (Å²) >= 11 is 5.83. The summed E-state index contributed by atoms with van der Waals surface area (Å²) in [6.45, 7) is 0. The molecule has 0 amide bonds. The minimum absolute atomic E-state index is 0.345. The van der Waals surface area contributed by atoms with E-state index in [0.29, 0.717) is 22.1 Å². The Morgan fingerprint density at radius 2 is 1.63 bits per heavy atom. The van der Waals surface area contributed by atoms with Crippen LogP contribution in [0.4, 0.5) is 0 Å². The number of allylic oxidation sites excluding steroid dienone is 2. The molecule has 4 atom stereocenters. The van der Waals surface area contributed by atoms with Gasteiger partial charge in [-0.2, -0.15) is 0 Å². The maximum Gasteiger partial charge on any atom is 0.196 e. The monoisotopic (exact) mass is 393 g/mol. The highest BCUT2D eigenvalue weighted by Crippen LogP contribution is 2.62. The van der Waals surface area contributed by atoms with Crippen molar-refractivity contribution in [3.63, 3.8) is 0 Å². The summed E-state index contributed by atoms with van der Waals surface area (Å²) in [5.74, 6) is 1.47. The van der Waals surface area contributed by atoms with Crippen LogP contribution in [0.15, 0.2) is 72.8 Å². The summed E-state index contributed by atoms with van der Waals surface area (Å²) in [5, 5.41) is 5.22. The summed E-state index contributed by atoms with van der Waals surface area (Å²) in [5.41, 5.74) is 0.376. The quantitative estimate of drug-likeness (QED) is 0.467. The fraction of sp³-hybridized carbons (Fsp3) is 0.348. The zero-order chi connectivity index (χ0) is 18.5. The Morgan fingerprint density at radius 3 is 2.26 bits per heavy atom. The second-order valence-electron chi connectivity index (χ2n) is 8.31. The molecule has 2 bridgehead atoms. The Labute approximate surface area is 166 Å². The highest BCUT2D eigenvalue weighted by molar-refractivity contribution is 8.07. The molecule has 0 aromatic heterocycles. The van der Waals surface area contributed by atoms with Gasteiger partial charge < -0.3 is 9.88 Å². The molecule has 5 rings (SSSR count). The van der Waals surface area contributed by atoms with Gasteiger partial charge in [0, 0.05) is 16.7 Å². The molecule has 27 heavy (non-hydrogen) atoms. The first-order valence-corrected chi connectivity index (χ1v) is 11.9. The summed E-state index contributed by atoms with van der Waals surface area (Å²) in [6, 6.07) is 19.8. The summed E-state index contributed by atoms with van der Waals surface area (Å²) < 4.78 is 14.8. The average Bonchev–Trinajstić information content (AvgIpc) is 3.36. The van der Waals surface area contributed by atoms with Gasteiger partial charge in [0.1, 0.15) is 4.73 Å². The zero-order valence-electron chi connectivity index (χ0n) is 15.3. The van der Waals surface area contributed by atoms with Crippen molar-refractivity contribution in [3.8, 4) is 0 Å². The van der Waals surface area contributed by atoms with E-state index in [2.05, 4.69) is 17.5 Å². The topological polar surface area (TPSA) is 29.1 Å². The second-order valence-corrected chi connectivity index (χ2v) is 11.7. The van der Waals surface area contributed by atoms with Gasteiger partial charge in [-0.3, -0.25) is 0 Å². The number of hydrogen-bond donors (Lipinski definition) is 1. The molecule has 2 aromatic carbocycles. The van der Waals surface area contributed by atoms with E-state index in [0.717, 1.165) is 22.9 Å². The van der Waals surface area contributed by atoms with Crippen molar-refractivity contribution in [2.24, 2.45) is 17.3 Å². The third-order valence-corrected chi connectivity index (χ3v) is 10.6. The van der Waals surface area contributed by atoms with Crippen LogP contribution in [-0.4, -0.2) is 10.8 Å². The number of fused-ring (bicyclic) bond motifs is 1. The minimum atomic E-state index is -3.02. The van der Waals surface area contributed by atoms with E-state index in [1.54, 1.807) is 0 Å². The van der Waals surface area contributed by atoms with Gasteiger partial charge in [-0.1, -0.05) is 85.0 Å². The van der Waals surface area contributed by atoms with Crippen LogP contribution in [0, 0.1) is 17.3 Å².